The summed E-state index contributed by atoms with van der Waals surface area (Å²) in [4.78, 5) is 23.8. The van der Waals surface area contributed by atoms with Crippen molar-refractivity contribution < 1.29 is 19.1 Å². The Morgan fingerprint density at radius 3 is 2.52 bits per heavy atom. The number of carbonyl (C=O) groups is 2. The molecule has 132 valence electrons. The SMILES string of the molecule is COc1cc(C(C)=O)ccc1O[C@H](C)C(=O)Nc1cccc(Cl)c1C. The third kappa shape index (κ3) is 4.51. The monoisotopic (exact) mass is 361 g/mol. The fourth-order valence-corrected chi connectivity index (χ4v) is 2.38. The second kappa shape index (κ2) is 8.03. The van der Waals surface area contributed by atoms with Gasteiger partial charge in [-0.3, -0.25) is 9.59 Å². The summed E-state index contributed by atoms with van der Waals surface area (Å²) in [5.41, 5.74) is 1.93. The molecule has 5 nitrogen and oxygen atoms in total. The second-order valence-electron chi connectivity index (χ2n) is 5.58. The molecule has 0 heterocycles. The number of amides is 1. The van der Waals surface area contributed by atoms with Crippen LogP contribution in [0.25, 0.3) is 0 Å². The van der Waals surface area contributed by atoms with E-state index in [1.165, 1.54) is 14.0 Å². The van der Waals surface area contributed by atoms with E-state index < -0.39 is 6.10 Å². The van der Waals surface area contributed by atoms with E-state index in [9.17, 15) is 9.59 Å². The van der Waals surface area contributed by atoms with Crippen molar-refractivity contribution in [2.24, 2.45) is 0 Å². The molecule has 1 atom stereocenters. The lowest BCUT2D eigenvalue weighted by Crippen LogP contribution is -2.30. The zero-order valence-corrected chi connectivity index (χ0v) is 15.3. The summed E-state index contributed by atoms with van der Waals surface area (Å²) in [5, 5.41) is 3.37. The summed E-state index contributed by atoms with van der Waals surface area (Å²) in [6.07, 6.45) is -0.768. The topological polar surface area (TPSA) is 64.6 Å². The molecule has 1 N–H and O–H groups in total. The molecule has 0 saturated heterocycles. The van der Waals surface area contributed by atoms with Gasteiger partial charge in [0.25, 0.3) is 5.91 Å². The van der Waals surface area contributed by atoms with Gasteiger partial charge >= 0.3 is 0 Å². The Hall–Kier alpha value is -2.53. The van der Waals surface area contributed by atoms with Crippen LogP contribution < -0.4 is 14.8 Å². The zero-order chi connectivity index (χ0) is 18.6. The number of halogens is 1. The van der Waals surface area contributed by atoms with Gasteiger partial charge in [0.05, 0.1) is 7.11 Å². The number of ether oxygens (including phenoxy) is 2. The lowest BCUT2D eigenvalue weighted by molar-refractivity contribution is -0.122. The molecular weight excluding hydrogens is 342 g/mol. The number of anilines is 1. The van der Waals surface area contributed by atoms with Crippen molar-refractivity contribution in [2.45, 2.75) is 26.9 Å². The molecule has 0 aromatic heterocycles. The first-order chi connectivity index (χ1) is 11.8. The predicted octanol–water partition coefficient (Wildman–Crippen LogP) is 4.27. The number of carbonyl (C=O) groups excluding carboxylic acids is 2. The number of hydrogen-bond donors (Lipinski definition) is 1. The van der Waals surface area contributed by atoms with Crippen molar-refractivity contribution in [1.82, 2.24) is 0 Å². The smallest absolute Gasteiger partial charge is 0.265 e. The Kier molecular flexibility index (Phi) is 6.04. The van der Waals surface area contributed by atoms with Gasteiger partial charge in [0.2, 0.25) is 0 Å². The summed E-state index contributed by atoms with van der Waals surface area (Å²) in [6.45, 7) is 4.93. The van der Waals surface area contributed by atoms with Crippen molar-refractivity contribution in [3.05, 3.63) is 52.5 Å². The molecular formula is C19H20ClNO4. The van der Waals surface area contributed by atoms with E-state index in [-0.39, 0.29) is 11.7 Å². The molecule has 0 bridgehead atoms. The van der Waals surface area contributed by atoms with E-state index in [4.69, 9.17) is 21.1 Å². The number of hydrogen-bond acceptors (Lipinski definition) is 4. The molecule has 0 aliphatic heterocycles. The van der Waals surface area contributed by atoms with Crippen molar-refractivity contribution in [3.63, 3.8) is 0 Å². The number of methoxy groups -OCH3 is 1. The van der Waals surface area contributed by atoms with Gasteiger partial charge < -0.3 is 14.8 Å². The molecule has 25 heavy (non-hydrogen) atoms. The largest absolute Gasteiger partial charge is 0.493 e. The number of rotatable bonds is 6. The summed E-state index contributed by atoms with van der Waals surface area (Å²) in [5.74, 6) is 0.388. The molecule has 1 amide bonds. The average molecular weight is 362 g/mol. The van der Waals surface area contributed by atoms with Crippen LogP contribution in [0, 0.1) is 6.92 Å². The maximum Gasteiger partial charge on any atom is 0.265 e. The molecule has 6 heteroatoms. The van der Waals surface area contributed by atoms with Gasteiger partial charge in [-0.25, -0.2) is 0 Å². The summed E-state index contributed by atoms with van der Waals surface area (Å²) in [7, 11) is 1.48. The minimum atomic E-state index is -0.768. The maximum absolute atomic E-state index is 12.4. The molecule has 2 aromatic carbocycles. The van der Waals surface area contributed by atoms with Gasteiger partial charge in [0.15, 0.2) is 23.4 Å². The van der Waals surface area contributed by atoms with Crippen LogP contribution >= 0.6 is 11.6 Å². The molecule has 2 rings (SSSR count). The van der Waals surface area contributed by atoms with E-state index in [0.717, 1.165) is 5.56 Å². The van der Waals surface area contributed by atoms with E-state index >= 15 is 0 Å². The Morgan fingerprint density at radius 1 is 1.16 bits per heavy atom. The zero-order valence-electron chi connectivity index (χ0n) is 14.6. The molecule has 0 unspecified atom stereocenters. The van der Waals surface area contributed by atoms with Crippen LogP contribution in [0.1, 0.15) is 29.8 Å². The number of ketones is 1. The van der Waals surface area contributed by atoms with Crippen molar-refractivity contribution in [2.75, 3.05) is 12.4 Å². The van der Waals surface area contributed by atoms with Gasteiger partial charge in [0, 0.05) is 16.3 Å². The maximum atomic E-state index is 12.4. The van der Waals surface area contributed by atoms with Gasteiger partial charge in [-0.15, -0.1) is 0 Å². The van der Waals surface area contributed by atoms with Crippen LogP contribution in [0.3, 0.4) is 0 Å². The minimum absolute atomic E-state index is 0.0768. The first kappa shape index (κ1) is 18.8. The fourth-order valence-electron chi connectivity index (χ4n) is 2.21. The highest BCUT2D eigenvalue weighted by molar-refractivity contribution is 6.31. The van der Waals surface area contributed by atoms with Crippen molar-refractivity contribution in [3.8, 4) is 11.5 Å². The summed E-state index contributed by atoms with van der Waals surface area (Å²) < 4.78 is 10.9. The van der Waals surface area contributed by atoms with Crippen LogP contribution in [0.15, 0.2) is 36.4 Å². The Labute approximate surface area is 151 Å². The Morgan fingerprint density at radius 2 is 1.88 bits per heavy atom. The Bertz CT molecular complexity index is 804. The predicted molar refractivity (Wildman–Crippen MR) is 97.9 cm³/mol. The normalized spacial score (nSPS) is 11.6. The first-order valence-corrected chi connectivity index (χ1v) is 8.13. The number of benzene rings is 2. The Balaban J connectivity index is 2.13. The van der Waals surface area contributed by atoms with Crippen LogP contribution in [0.4, 0.5) is 5.69 Å². The van der Waals surface area contributed by atoms with Crippen molar-refractivity contribution >= 4 is 29.0 Å². The van der Waals surface area contributed by atoms with Crippen molar-refractivity contribution in [1.29, 1.82) is 0 Å². The average Bonchev–Trinajstić information content (AvgIpc) is 2.58. The van der Waals surface area contributed by atoms with Gasteiger partial charge in [-0.1, -0.05) is 17.7 Å². The fraction of sp³-hybridized carbons (Fsp3) is 0.263. The second-order valence-corrected chi connectivity index (χ2v) is 5.99. The number of nitrogens with one attached hydrogen (secondary N) is 1. The third-order valence-electron chi connectivity index (χ3n) is 3.77. The van der Waals surface area contributed by atoms with E-state index in [1.807, 2.05) is 6.92 Å². The third-order valence-corrected chi connectivity index (χ3v) is 4.18. The molecule has 0 saturated carbocycles. The summed E-state index contributed by atoms with van der Waals surface area (Å²) in [6, 6.07) is 10.1. The highest BCUT2D eigenvalue weighted by Crippen LogP contribution is 2.29. The van der Waals surface area contributed by atoms with Gasteiger partial charge in [-0.05, 0) is 56.7 Å². The van der Waals surface area contributed by atoms with E-state index in [0.29, 0.717) is 27.8 Å². The number of Topliss-reactive ketones (excluding diaryl/α,β-unsaturated/α-hetero) is 1. The molecule has 0 radical (unpaired) electrons. The standard InChI is InChI=1S/C19H20ClNO4/c1-11-15(20)6-5-7-16(11)21-19(23)13(3)25-17-9-8-14(12(2)22)10-18(17)24-4/h5-10,13H,1-4H3,(H,21,23)/t13-/m1/s1. The highest BCUT2D eigenvalue weighted by Gasteiger charge is 2.18. The van der Waals surface area contributed by atoms with Crippen LogP contribution in [-0.4, -0.2) is 24.9 Å². The van der Waals surface area contributed by atoms with Crippen LogP contribution in [-0.2, 0) is 4.79 Å². The first-order valence-electron chi connectivity index (χ1n) is 7.75. The van der Waals surface area contributed by atoms with Crippen LogP contribution in [0.5, 0.6) is 11.5 Å². The van der Waals surface area contributed by atoms with E-state index in [1.54, 1.807) is 43.3 Å². The van der Waals surface area contributed by atoms with E-state index in [2.05, 4.69) is 5.32 Å². The lowest BCUT2D eigenvalue weighted by Gasteiger charge is -2.18. The molecule has 2 aromatic rings. The molecule has 0 fully saturated rings. The van der Waals surface area contributed by atoms with Gasteiger partial charge in [0.1, 0.15) is 0 Å². The quantitative estimate of drug-likeness (QED) is 0.780. The molecule has 0 spiro atoms. The summed E-state index contributed by atoms with van der Waals surface area (Å²) >= 11 is 6.06. The van der Waals surface area contributed by atoms with Gasteiger partial charge in [-0.2, -0.15) is 0 Å². The minimum Gasteiger partial charge on any atom is -0.493 e. The molecule has 0 aliphatic rings. The lowest BCUT2D eigenvalue weighted by atomic mass is 10.1. The van der Waals surface area contributed by atoms with Crippen LogP contribution in [0.2, 0.25) is 5.02 Å². The molecule has 0 aliphatic carbocycles. The highest BCUT2D eigenvalue weighted by atomic mass is 35.5.